The molecule has 82 valence electrons. The van der Waals surface area contributed by atoms with Gasteiger partial charge in [0.15, 0.2) is 0 Å². The summed E-state index contributed by atoms with van der Waals surface area (Å²) in [5.41, 5.74) is 1.14. The molecule has 0 spiro atoms. The van der Waals surface area contributed by atoms with Gasteiger partial charge in [0.2, 0.25) is 0 Å². The highest BCUT2D eigenvalue weighted by Crippen LogP contribution is 2.09. The molecule has 0 saturated heterocycles. The zero-order valence-corrected chi connectivity index (χ0v) is 10.4. The maximum Gasteiger partial charge on any atom is 0.0570 e. The molecule has 0 amide bonds. The molecular formula is C12H15ClOS. The topological polar surface area (TPSA) is 17.1 Å². The zero-order valence-electron chi connectivity index (χ0n) is 8.78. The summed E-state index contributed by atoms with van der Waals surface area (Å²) in [6, 6.07) is 9.53. The van der Waals surface area contributed by atoms with Crippen LogP contribution in [-0.4, -0.2) is 15.8 Å². The van der Waals surface area contributed by atoms with Crippen LogP contribution in [0.3, 0.4) is 0 Å². The van der Waals surface area contributed by atoms with E-state index < -0.39 is 10.8 Å². The molecule has 0 aliphatic carbocycles. The Balaban J connectivity index is 2.57. The average Bonchev–Trinajstić information content (AvgIpc) is 2.27. The normalized spacial score (nSPS) is 13.9. The lowest BCUT2D eigenvalue weighted by Crippen LogP contribution is -1.99. The van der Waals surface area contributed by atoms with Gasteiger partial charge in [0.25, 0.3) is 0 Å². The van der Waals surface area contributed by atoms with E-state index in [0.717, 1.165) is 16.9 Å². The minimum absolute atomic E-state index is 0.598. The van der Waals surface area contributed by atoms with Crippen molar-refractivity contribution in [1.29, 1.82) is 0 Å². The van der Waals surface area contributed by atoms with Crippen molar-refractivity contribution >= 4 is 22.4 Å². The highest BCUT2D eigenvalue weighted by Gasteiger charge is 2.02. The molecule has 15 heavy (non-hydrogen) atoms. The van der Waals surface area contributed by atoms with E-state index in [1.165, 1.54) is 0 Å². The smallest absolute Gasteiger partial charge is 0.0570 e. The second-order valence-electron chi connectivity index (χ2n) is 3.33. The minimum Gasteiger partial charge on any atom is -0.254 e. The lowest BCUT2D eigenvalue weighted by atomic mass is 10.3. The summed E-state index contributed by atoms with van der Waals surface area (Å²) in [5, 5.41) is 0. The van der Waals surface area contributed by atoms with E-state index in [4.69, 9.17) is 11.6 Å². The molecule has 1 unspecified atom stereocenters. The maximum absolute atomic E-state index is 11.9. The van der Waals surface area contributed by atoms with Crippen molar-refractivity contribution in [2.45, 2.75) is 18.2 Å². The molecular weight excluding hydrogens is 228 g/mol. The van der Waals surface area contributed by atoms with Gasteiger partial charge in [-0.05, 0) is 25.5 Å². The molecule has 1 atom stereocenters. The van der Waals surface area contributed by atoms with E-state index in [0.29, 0.717) is 11.6 Å². The maximum atomic E-state index is 11.9. The van der Waals surface area contributed by atoms with Crippen molar-refractivity contribution in [3.63, 3.8) is 0 Å². The summed E-state index contributed by atoms with van der Waals surface area (Å²) < 4.78 is 11.9. The van der Waals surface area contributed by atoms with Gasteiger partial charge < -0.3 is 0 Å². The first-order valence-electron chi connectivity index (χ1n) is 4.89. The SMILES string of the molecule is C/C(=C\CCCl)CS(=O)c1ccccc1. The van der Waals surface area contributed by atoms with Gasteiger partial charge in [-0.2, -0.15) is 0 Å². The minimum atomic E-state index is -0.928. The van der Waals surface area contributed by atoms with Crippen LogP contribution in [0.15, 0.2) is 46.9 Å². The largest absolute Gasteiger partial charge is 0.254 e. The van der Waals surface area contributed by atoms with Gasteiger partial charge in [-0.15, -0.1) is 11.6 Å². The molecule has 0 fully saturated rings. The van der Waals surface area contributed by atoms with Crippen LogP contribution in [0.25, 0.3) is 0 Å². The summed E-state index contributed by atoms with van der Waals surface area (Å²) in [6.45, 7) is 1.99. The Kier molecular flexibility index (Phi) is 5.66. The Hall–Kier alpha value is -0.600. The fourth-order valence-corrected chi connectivity index (χ4v) is 2.49. The first-order chi connectivity index (χ1) is 7.24. The van der Waals surface area contributed by atoms with Crippen molar-refractivity contribution in [2.75, 3.05) is 11.6 Å². The number of halogens is 1. The lowest BCUT2D eigenvalue weighted by molar-refractivity contribution is 0.684. The highest BCUT2D eigenvalue weighted by molar-refractivity contribution is 7.85. The number of hydrogen-bond acceptors (Lipinski definition) is 1. The summed E-state index contributed by atoms with van der Waals surface area (Å²) in [4.78, 5) is 0.885. The number of allylic oxidation sites excluding steroid dienone is 1. The first kappa shape index (κ1) is 12.5. The van der Waals surface area contributed by atoms with Crippen molar-refractivity contribution < 1.29 is 4.21 Å². The van der Waals surface area contributed by atoms with E-state index >= 15 is 0 Å². The summed E-state index contributed by atoms with van der Waals surface area (Å²) >= 11 is 5.58. The molecule has 0 aromatic heterocycles. The van der Waals surface area contributed by atoms with Crippen LogP contribution in [0.5, 0.6) is 0 Å². The Morgan fingerprint density at radius 2 is 2.07 bits per heavy atom. The van der Waals surface area contributed by atoms with Crippen LogP contribution >= 0.6 is 11.6 Å². The van der Waals surface area contributed by atoms with Gasteiger partial charge in [-0.1, -0.05) is 29.8 Å². The van der Waals surface area contributed by atoms with Gasteiger partial charge >= 0.3 is 0 Å². The third-order valence-electron chi connectivity index (χ3n) is 1.97. The van der Waals surface area contributed by atoms with Crippen LogP contribution < -0.4 is 0 Å². The van der Waals surface area contributed by atoms with Crippen LogP contribution in [0.2, 0.25) is 0 Å². The third-order valence-corrected chi connectivity index (χ3v) is 3.70. The van der Waals surface area contributed by atoms with Gasteiger partial charge in [0.05, 0.1) is 10.8 Å². The number of hydrogen-bond donors (Lipinski definition) is 0. The average molecular weight is 243 g/mol. The number of rotatable bonds is 5. The molecule has 0 heterocycles. The van der Waals surface area contributed by atoms with Crippen molar-refractivity contribution in [1.82, 2.24) is 0 Å². The van der Waals surface area contributed by atoms with Crippen LogP contribution in [0, 0.1) is 0 Å². The predicted molar refractivity (Wildman–Crippen MR) is 66.8 cm³/mol. The Bertz CT molecular complexity index is 346. The Morgan fingerprint density at radius 3 is 2.67 bits per heavy atom. The molecule has 1 aromatic rings. The van der Waals surface area contributed by atoms with Crippen LogP contribution in [0.1, 0.15) is 13.3 Å². The summed E-state index contributed by atoms with van der Waals surface area (Å²) in [7, 11) is -0.928. The fraction of sp³-hybridized carbons (Fsp3) is 0.333. The fourth-order valence-electron chi connectivity index (χ4n) is 1.22. The van der Waals surface area contributed by atoms with Gasteiger partial charge in [-0.25, -0.2) is 0 Å². The Morgan fingerprint density at radius 1 is 1.40 bits per heavy atom. The van der Waals surface area contributed by atoms with Crippen molar-refractivity contribution in [3.8, 4) is 0 Å². The first-order valence-corrected chi connectivity index (χ1v) is 6.74. The van der Waals surface area contributed by atoms with Crippen molar-refractivity contribution in [2.24, 2.45) is 0 Å². The van der Waals surface area contributed by atoms with E-state index in [1.807, 2.05) is 43.3 Å². The van der Waals surface area contributed by atoms with Crippen LogP contribution in [0.4, 0.5) is 0 Å². The van der Waals surface area contributed by atoms with Gasteiger partial charge in [-0.3, -0.25) is 4.21 Å². The predicted octanol–water partition coefficient (Wildman–Crippen LogP) is 3.37. The quantitative estimate of drug-likeness (QED) is 0.572. The molecule has 0 N–H and O–H groups in total. The Labute approximate surface area is 98.6 Å². The summed E-state index contributed by atoms with van der Waals surface area (Å²) in [5.74, 6) is 1.22. The standard InChI is InChI=1S/C12H15ClOS/c1-11(6-5-9-13)10-15(14)12-7-3-2-4-8-12/h2-4,6-8H,5,9-10H2,1H3/b11-6+. The molecule has 0 aliphatic heterocycles. The molecule has 1 rings (SSSR count). The molecule has 1 aromatic carbocycles. The monoisotopic (exact) mass is 242 g/mol. The van der Waals surface area contributed by atoms with E-state index in [2.05, 4.69) is 0 Å². The second-order valence-corrected chi connectivity index (χ2v) is 5.16. The second kappa shape index (κ2) is 6.81. The van der Waals surface area contributed by atoms with Crippen LogP contribution in [-0.2, 0) is 10.8 Å². The molecule has 0 saturated carbocycles. The molecule has 1 nitrogen and oxygen atoms in total. The zero-order chi connectivity index (χ0) is 11.1. The molecule has 0 aliphatic rings. The molecule has 0 bridgehead atoms. The van der Waals surface area contributed by atoms with Gasteiger partial charge in [0, 0.05) is 16.5 Å². The lowest BCUT2D eigenvalue weighted by Gasteiger charge is -2.02. The number of alkyl halides is 1. The van der Waals surface area contributed by atoms with Crippen molar-refractivity contribution in [3.05, 3.63) is 42.0 Å². The summed E-state index contributed by atoms with van der Waals surface area (Å²) in [6.07, 6.45) is 2.90. The highest BCUT2D eigenvalue weighted by atomic mass is 35.5. The van der Waals surface area contributed by atoms with Gasteiger partial charge in [0.1, 0.15) is 0 Å². The van der Waals surface area contributed by atoms with E-state index in [9.17, 15) is 4.21 Å². The molecule has 3 heteroatoms. The number of benzene rings is 1. The molecule has 0 radical (unpaired) electrons. The third kappa shape index (κ3) is 4.63. The van der Waals surface area contributed by atoms with E-state index in [1.54, 1.807) is 0 Å². The van der Waals surface area contributed by atoms with E-state index in [-0.39, 0.29) is 0 Å².